The Bertz CT molecular complexity index is 2430. The fourth-order valence-corrected chi connectivity index (χ4v) is 12.3. The first-order valence-corrected chi connectivity index (χ1v) is 26.6. The summed E-state index contributed by atoms with van der Waals surface area (Å²) in [5, 5.41) is 48.5. The third-order valence-corrected chi connectivity index (χ3v) is 16.9. The Morgan fingerprint density at radius 1 is 0.972 bits per heavy atom. The zero-order valence-corrected chi connectivity index (χ0v) is 42.4. The molecule has 1 aromatic carbocycles. The predicted molar refractivity (Wildman–Crippen MR) is 262 cm³/mol. The number of benzene rings is 1. The van der Waals surface area contributed by atoms with Crippen LogP contribution >= 0.6 is 11.8 Å². The van der Waals surface area contributed by atoms with Crippen LogP contribution in [0, 0.1) is 23.7 Å². The Balaban J connectivity index is 1.58. The van der Waals surface area contributed by atoms with Gasteiger partial charge in [-0.25, -0.2) is 0 Å². The maximum Gasteiger partial charge on any atom is 0.246 e. The first-order valence-electron chi connectivity index (χ1n) is 24.2. The summed E-state index contributed by atoms with van der Waals surface area (Å²) in [6.07, 6.45) is -4.17. The van der Waals surface area contributed by atoms with Crippen LogP contribution in [-0.4, -0.2) is 176 Å². The van der Waals surface area contributed by atoms with Gasteiger partial charge in [0.2, 0.25) is 41.4 Å². The molecule has 72 heavy (non-hydrogen) atoms. The number of rotatable bonds is 11. The number of thioether (sulfide) groups is 1. The first kappa shape index (κ1) is 55.8. The molecule has 3 unspecified atom stereocenters. The Morgan fingerprint density at radius 3 is 2.38 bits per heavy atom. The smallest absolute Gasteiger partial charge is 0.246 e. The molecule has 396 valence electrons. The van der Waals surface area contributed by atoms with Crippen molar-refractivity contribution in [1.82, 2.24) is 41.8 Å². The van der Waals surface area contributed by atoms with Gasteiger partial charge in [0.05, 0.1) is 73.5 Å². The molecule has 12 N–H and O–H groups in total. The summed E-state index contributed by atoms with van der Waals surface area (Å²) >= 11 is 1.66. The van der Waals surface area contributed by atoms with E-state index in [2.05, 4.69) is 36.9 Å². The lowest BCUT2D eigenvalue weighted by molar-refractivity contribution is -0.144. The van der Waals surface area contributed by atoms with Crippen LogP contribution in [0.4, 0.5) is 0 Å². The standard InChI is InChI=1S/C47H67N9O14S2/c1-5-22(2)29-12-25(58)15-50-42(64)24-10-30-28-6-7-37(70-4)31(20-71-27-8-9-49-16-27)41(28)55-46(30)72(69)21-33(52-39(63)17-51-43(29)65)44(66)53-32(14-38(48)62)47(68)56-18-26(59)13-34(56)45(67)54-40(35(60)11-24)23(3)36(61)19-57/h6-7,22-24,26-27,29,32-34,36,40,49,55,57,59,61H,5,8-21H2,1-4H3,(H2,48,62)(H,50,64)(H,51,65)(H,52,63)(H,53,66)(H,54,67)/t22-,23-,24+,26?,27?,29-,32-,33-,34-,36-,40-,72?/m0/s1. The quantitative estimate of drug-likeness (QED) is 0.108. The highest BCUT2D eigenvalue weighted by atomic mass is 32.2. The molecule has 7 amide bonds. The van der Waals surface area contributed by atoms with Crippen LogP contribution in [0.5, 0.6) is 5.75 Å². The van der Waals surface area contributed by atoms with Gasteiger partial charge >= 0.3 is 0 Å². The van der Waals surface area contributed by atoms with Crippen LogP contribution in [0.2, 0.25) is 0 Å². The van der Waals surface area contributed by atoms with Gasteiger partial charge in [0, 0.05) is 72.1 Å². The summed E-state index contributed by atoms with van der Waals surface area (Å²) in [5.41, 5.74) is 6.94. The summed E-state index contributed by atoms with van der Waals surface area (Å²) in [6.45, 7) is 3.89. The first-order chi connectivity index (χ1) is 34.2. The number of amides is 7. The highest BCUT2D eigenvalue weighted by molar-refractivity contribution is 7.99. The number of primary amides is 1. The van der Waals surface area contributed by atoms with Crippen molar-refractivity contribution in [2.45, 2.75) is 118 Å². The number of nitrogens with one attached hydrogen (secondary N) is 7. The third kappa shape index (κ3) is 13.4. The summed E-state index contributed by atoms with van der Waals surface area (Å²) < 4.78 is 21.0. The van der Waals surface area contributed by atoms with Crippen molar-refractivity contribution in [3.8, 4) is 5.75 Å². The second-order valence-electron chi connectivity index (χ2n) is 19.1. The molecule has 5 heterocycles. The number of aliphatic hydroxyl groups excluding tert-OH is 3. The van der Waals surface area contributed by atoms with E-state index in [1.807, 2.05) is 0 Å². The minimum atomic E-state index is -2.34. The maximum absolute atomic E-state index is 15.2. The van der Waals surface area contributed by atoms with E-state index in [-0.39, 0.29) is 41.0 Å². The highest BCUT2D eigenvalue weighted by Crippen LogP contribution is 2.38. The minimum absolute atomic E-state index is 0.0278. The zero-order chi connectivity index (χ0) is 52.6. The van der Waals surface area contributed by atoms with Crippen LogP contribution < -0.4 is 42.4 Å². The number of ether oxygens (including phenoxy) is 1. The van der Waals surface area contributed by atoms with E-state index in [4.69, 9.17) is 10.5 Å². The molecular weight excluding hydrogens is 979 g/mol. The molecule has 0 spiro atoms. The number of hydrogen-bond acceptors (Lipinski definition) is 16. The summed E-state index contributed by atoms with van der Waals surface area (Å²) in [6, 6.07) is -3.39. The van der Waals surface area contributed by atoms with E-state index >= 15 is 4.21 Å². The molecule has 4 aliphatic heterocycles. The molecule has 2 aromatic rings. The number of carbonyl (C=O) groups excluding carboxylic acids is 9. The van der Waals surface area contributed by atoms with Crippen LogP contribution in [-0.2, 0) is 66.1 Å². The second-order valence-corrected chi connectivity index (χ2v) is 21.8. The van der Waals surface area contributed by atoms with E-state index in [1.165, 1.54) is 14.0 Å². The number of hydrogen-bond donors (Lipinski definition) is 11. The highest BCUT2D eigenvalue weighted by Gasteiger charge is 2.45. The number of nitrogens with zero attached hydrogens (tertiary/aromatic N) is 1. The molecule has 0 saturated carbocycles. The molecule has 2 saturated heterocycles. The molecule has 2 fully saturated rings. The number of aliphatic hydroxyl groups is 3. The zero-order valence-electron chi connectivity index (χ0n) is 40.8. The van der Waals surface area contributed by atoms with Crippen molar-refractivity contribution < 1.29 is 67.4 Å². The van der Waals surface area contributed by atoms with Gasteiger partial charge in [-0.3, -0.25) is 47.4 Å². The van der Waals surface area contributed by atoms with Gasteiger partial charge in [-0.2, -0.15) is 11.8 Å². The molecule has 12 atom stereocenters. The predicted octanol–water partition coefficient (Wildman–Crippen LogP) is -2.84. The molecule has 0 aliphatic carbocycles. The van der Waals surface area contributed by atoms with E-state index < -0.39 is 163 Å². The maximum atomic E-state index is 15.2. The van der Waals surface area contributed by atoms with Crippen LogP contribution in [0.25, 0.3) is 10.9 Å². The molecular formula is C47H67N9O14S2. The van der Waals surface area contributed by atoms with Crippen molar-refractivity contribution in [1.29, 1.82) is 0 Å². The molecule has 0 radical (unpaired) electrons. The van der Waals surface area contributed by atoms with Gasteiger partial charge in [0.15, 0.2) is 11.6 Å². The number of methoxy groups -OCH3 is 1. The average Bonchev–Trinajstić information content (AvgIpc) is 4.12. The van der Waals surface area contributed by atoms with Gasteiger partial charge in [-0.15, -0.1) is 0 Å². The number of ketones is 2. The van der Waals surface area contributed by atoms with Gasteiger partial charge in [-0.05, 0) is 43.0 Å². The third-order valence-electron chi connectivity index (χ3n) is 14.1. The van der Waals surface area contributed by atoms with Gasteiger partial charge in [-0.1, -0.05) is 27.2 Å². The largest absolute Gasteiger partial charge is 0.496 e. The fraction of sp³-hybridized carbons (Fsp3) is 0.638. The lowest BCUT2D eigenvalue weighted by Crippen LogP contribution is -2.60. The summed E-state index contributed by atoms with van der Waals surface area (Å²) in [5.74, 6) is -11.9. The van der Waals surface area contributed by atoms with Crippen LogP contribution in [0.1, 0.15) is 70.4 Å². The lowest BCUT2D eigenvalue weighted by atomic mass is 9.85. The van der Waals surface area contributed by atoms with Gasteiger partial charge in [0.1, 0.15) is 28.9 Å². The minimum Gasteiger partial charge on any atom is -0.496 e. The van der Waals surface area contributed by atoms with Crippen molar-refractivity contribution in [2.24, 2.45) is 29.4 Å². The van der Waals surface area contributed by atoms with Crippen molar-refractivity contribution in [3.05, 3.63) is 23.3 Å². The number of nitrogens with two attached hydrogens (primary N) is 1. The summed E-state index contributed by atoms with van der Waals surface area (Å²) in [7, 11) is -0.847. The Labute approximate surface area is 422 Å². The fourth-order valence-electron chi connectivity index (χ4n) is 9.68. The topological polar surface area (TPSA) is 358 Å². The number of H-pyrrole nitrogens is 1. The number of aromatic nitrogens is 1. The molecule has 6 rings (SSSR count). The Kier molecular flexibility index (Phi) is 19.4. The molecule has 2 bridgehead atoms. The van der Waals surface area contributed by atoms with E-state index in [1.54, 1.807) is 37.7 Å². The van der Waals surface area contributed by atoms with Crippen LogP contribution in [0.3, 0.4) is 0 Å². The lowest BCUT2D eigenvalue weighted by Gasteiger charge is -2.32. The monoisotopic (exact) mass is 1050 g/mol. The Morgan fingerprint density at radius 2 is 1.71 bits per heavy atom. The van der Waals surface area contributed by atoms with Crippen molar-refractivity contribution in [2.75, 3.05) is 52.2 Å². The molecule has 25 heteroatoms. The average molecular weight is 1050 g/mol. The van der Waals surface area contributed by atoms with E-state index in [0.717, 1.165) is 24.4 Å². The van der Waals surface area contributed by atoms with Crippen molar-refractivity contribution >= 4 is 86.4 Å². The number of Topliss-reactive ketones (excluding diaryl/α,β-unsaturated/α-hetero) is 2. The second kappa shape index (κ2) is 25.0. The van der Waals surface area contributed by atoms with Crippen LogP contribution in [0.15, 0.2) is 17.2 Å². The normalized spacial score (nSPS) is 29.0. The number of aromatic amines is 1. The summed E-state index contributed by atoms with van der Waals surface area (Å²) in [4.78, 5) is 131. The Hall–Kier alpha value is -5.47. The SMILES string of the molecule is CC[C@H](C)[C@@H]1CC(=O)CNC(=O)[C@H]2CC(=O)[C@H]([C@@H](C)[C@@H](O)CO)NC(=O)[C@@H]3CC(O)CN3C(=O)[C@H](CC(N)=O)NC(=O)[C@H](CS(=O)c3[nH]c4c(CSC5CCNC5)c(OC)ccc4c3C2)NC(=O)CNC1=O. The molecule has 23 nitrogen and oxygen atoms in total. The van der Waals surface area contributed by atoms with E-state index in [9.17, 15) is 58.5 Å². The molecule has 4 aliphatic rings. The van der Waals surface area contributed by atoms with Gasteiger partial charge < -0.3 is 67.6 Å². The number of carbonyl (C=O) groups is 9. The van der Waals surface area contributed by atoms with Gasteiger partial charge in [0.25, 0.3) is 0 Å². The number of fused-ring (bicyclic) bond motifs is 5. The van der Waals surface area contributed by atoms with Crippen molar-refractivity contribution in [3.63, 3.8) is 0 Å². The van der Waals surface area contributed by atoms with E-state index in [0.29, 0.717) is 34.4 Å². The molecule has 1 aromatic heterocycles.